The number of carbonyl (C=O) groups is 1. The molecular weight excluding hydrogens is 408 g/mol. The molecule has 0 radical (unpaired) electrons. The number of nitrogens with one attached hydrogen (secondary N) is 1. The van der Waals surface area contributed by atoms with Gasteiger partial charge in [0.15, 0.2) is 4.96 Å². The SMILES string of the molecule is COc1cc(F)c(-c2nc3scc(CC=O)n3c2Nc2c(C)cccc2C)c(F)c1. The number of aryl methyl sites for hydroxylation is 2. The second-order valence-corrected chi connectivity index (χ2v) is 7.72. The molecule has 4 aromatic rings. The van der Waals surface area contributed by atoms with Crippen molar-refractivity contribution in [3.05, 3.63) is 64.2 Å². The summed E-state index contributed by atoms with van der Waals surface area (Å²) in [6.45, 7) is 3.89. The van der Waals surface area contributed by atoms with Gasteiger partial charge in [-0.2, -0.15) is 0 Å². The van der Waals surface area contributed by atoms with Gasteiger partial charge in [0, 0.05) is 35.3 Å². The highest BCUT2D eigenvalue weighted by Gasteiger charge is 2.25. The van der Waals surface area contributed by atoms with Crippen molar-refractivity contribution in [3.8, 4) is 17.0 Å². The molecule has 0 saturated carbocycles. The molecule has 0 spiro atoms. The number of para-hydroxylation sites is 1. The van der Waals surface area contributed by atoms with Gasteiger partial charge in [0.2, 0.25) is 0 Å². The smallest absolute Gasteiger partial charge is 0.196 e. The average molecular weight is 427 g/mol. The molecule has 1 N–H and O–H groups in total. The molecule has 0 amide bonds. The normalized spacial score (nSPS) is 11.1. The predicted octanol–water partition coefficient (Wildman–Crippen LogP) is 5.45. The van der Waals surface area contributed by atoms with Crippen molar-refractivity contribution < 1.29 is 18.3 Å². The third-order valence-electron chi connectivity index (χ3n) is 4.94. The highest BCUT2D eigenvalue weighted by Crippen LogP contribution is 2.39. The lowest BCUT2D eigenvalue weighted by Gasteiger charge is -2.15. The van der Waals surface area contributed by atoms with Crippen molar-refractivity contribution in [2.45, 2.75) is 20.3 Å². The number of rotatable bonds is 6. The van der Waals surface area contributed by atoms with Crippen molar-refractivity contribution in [3.63, 3.8) is 0 Å². The number of fused-ring (bicyclic) bond motifs is 1. The number of ether oxygens (including phenoxy) is 1. The summed E-state index contributed by atoms with van der Waals surface area (Å²) in [7, 11) is 1.35. The summed E-state index contributed by atoms with van der Waals surface area (Å²) in [4.78, 5) is 16.2. The summed E-state index contributed by atoms with van der Waals surface area (Å²) in [6, 6.07) is 8.08. The summed E-state index contributed by atoms with van der Waals surface area (Å²) in [5.74, 6) is -1.07. The molecule has 2 heterocycles. The monoisotopic (exact) mass is 427 g/mol. The second-order valence-electron chi connectivity index (χ2n) is 6.88. The predicted molar refractivity (Wildman–Crippen MR) is 114 cm³/mol. The van der Waals surface area contributed by atoms with Gasteiger partial charge in [0.25, 0.3) is 0 Å². The van der Waals surface area contributed by atoms with Crippen molar-refractivity contribution in [2.24, 2.45) is 0 Å². The first-order chi connectivity index (χ1) is 14.4. The number of methoxy groups -OCH3 is 1. The van der Waals surface area contributed by atoms with E-state index in [1.807, 2.05) is 37.4 Å². The van der Waals surface area contributed by atoms with Crippen LogP contribution in [0.3, 0.4) is 0 Å². The largest absolute Gasteiger partial charge is 0.497 e. The van der Waals surface area contributed by atoms with Crippen LogP contribution in [0.5, 0.6) is 5.75 Å². The molecule has 0 atom stereocenters. The zero-order valence-corrected chi connectivity index (χ0v) is 17.4. The van der Waals surface area contributed by atoms with E-state index in [0.29, 0.717) is 16.5 Å². The molecule has 0 fully saturated rings. The highest BCUT2D eigenvalue weighted by atomic mass is 32.1. The zero-order valence-electron chi connectivity index (χ0n) is 16.6. The molecule has 0 unspecified atom stereocenters. The zero-order chi connectivity index (χ0) is 21.4. The maximum Gasteiger partial charge on any atom is 0.196 e. The fourth-order valence-electron chi connectivity index (χ4n) is 3.46. The van der Waals surface area contributed by atoms with Crippen LogP contribution in [-0.4, -0.2) is 22.8 Å². The lowest BCUT2D eigenvalue weighted by atomic mass is 10.1. The van der Waals surface area contributed by atoms with Crippen molar-refractivity contribution in [1.82, 2.24) is 9.38 Å². The van der Waals surface area contributed by atoms with E-state index in [2.05, 4.69) is 10.3 Å². The number of benzene rings is 2. The van der Waals surface area contributed by atoms with E-state index in [0.717, 1.165) is 35.2 Å². The molecule has 5 nitrogen and oxygen atoms in total. The molecule has 0 saturated heterocycles. The molecule has 0 aliphatic heterocycles. The Morgan fingerprint density at radius 2 is 1.87 bits per heavy atom. The quantitative estimate of drug-likeness (QED) is 0.416. The standard InChI is InChI=1S/C22H19F2N3O2S/c1-12-5-4-6-13(2)19(12)25-21-20(18-16(23)9-15(29-3)10-17(18)24)26-22-27(21)14(7-8-28)11-30-22/h4-6,8-11,25H,7H2,1-3H3. The molecule has 154 valence electrons. The Bertz CT molecular complexity index is 1220. The first-order valence-corrected chi connectivity index (χ1v) is 10.1. The van der Waals surface area contributed by atoms with Gasteiger partial charge in [0.05, 0.1) is 12.7 Å². The van der Waals surface area contributed by atoms with Crippen molar-refractivity contribution in [1.29, 1.82) is 0 Å². The Morgan fingerprint density at radius 1 is 1.20 bits per heavy atom. The molecule has 0 aliphatic rings. The highest BCUT2D eigenvalue weighted by molar-refractivity contribution is 7.15. The van der Waals surface area contributed by atoms with Gasteiger partial charge < -0.3 is 14.8 Å². The Labute approximate surface area is 176 Å². The number of imidazole rings is 1. The van der Waals surface area contributed by atoms with E-state index in [9.17, 15) is 13.6 Å². The molecule has 0 bridgehead atoms. The van der Waals surface area contributed by atoms with E-state index in [4.69, 9.17) is 4.74 Å². The number of thiazole rings is 1. The molecule has 8 heteroatoms. The van der Waals surface area contributed by atoms with Crippen LogP contribution in [0.25, 0.3) is 16.2 Å². The summed E-state index contributed by atoms with van der Waals surface area (Å²) >= 11 is 1.31. The number of aromatic nitrogens is 2. The van der Waals surface area contributed by atoms with Gasteiger partial charge in [-0.05, 0) is 25.0 Å². The van der Waals surface area contributed by atoms with Crippen LogP contribution in [0.15, 0.2) is 35.7 Å². The van der Waals surface area contributed by atoms with Crippen LogP contribution in [0.2, 0.25) is 0 Å². The number of hydrogen-bond acceptors (Lipinski definition) is 5. The minimum absolute atomic E-state index is 0.0840. The molecule has 30 heavy (non-hydrogen) atoms. The number of carbonyl (C=O) groups excluding carboxylic acids is 1. The van der Waals surface area contributed by atoms with E-state index >= 15 is 0 Å². The van der Waals surface area contributed by atoms with E-state index in [1.165, 1.54) is 18.4 Å². The van der Waals surface area contributed by atoms with Crippen LogP contribution < -0.4 is 10.1 Å². The lowest BCUT2D eigenvalue weighted by molar-refractivity contribution is -0.107. The van der Waals surface area contributed by atoms with Crippen LogP contribution in [0, 0.1) is 25.5 Å². The van der Waals surface area contributed by atoms with Crippen molar-refractivity contribution >= 4 is 34.1 Å². The van der Waals surface area contributed by atoms with Gasteiger partial charge in [-0.25, -0.2) is 13.8 Å². The molecule has 4 rings (SSSR count). The number of halogens is 2. The fourth-order valence-corrected chi connectivity index (χ4v) is 4.36. The first kappa shape index (κ1) is 20.0. The van der Waals surface area contributed by atoms with Crippen LogP contribution >= 0.6 is 11.3 Å². The topological polar surface area (TPSA) is 55.6 Å². The molecule has 2 aromatic heterocycles. The van der Waals surface area contributed by atoms with Gasteiger partial charge in [0.1, 0.15) is 35.2 Å². The lowest BCUT2D eigenvalue weighted by Crippen LogP contribution is -2.04. The minimum atomic E-state index is -0.779. The van der Waals surface area contributed by atoms with Gasteiger partial charge in [-0.3, -0.25) is 4.40 Å². The molecule has 2 aromatic carbocycles. The molecular formula is C22H19F2N3O2S. The maximum atomic E-state index is 14.9. The second kappa shape index (κ2) is 7.87. The number of aldehydes is 1. The van der Waals surface area contributed by atoms with Crippen molar-refractivity contribution in [2.75, 3.05) is 12.4 Å². The Morgan fingerprint density at radius 3 is 2.47 bits per heavy atom. The summed E-state index contributed by atoms with van der Waals surface area (Å²) in [5, 5.41) is 5.14. The Kier molecular flexibility index (Phi) is 5.26. The van der Waals surface area contributed by atoms with E-state index < -0.39 is 11.6 Å². The summed E-state index contributed by atoms with van der Waals surface area (Å²) in [5.41, 5.74) is 3.33. The Hall–Kier alpha value is -3.26. The summed E-state index contributed by atoms with van der Waals surface area (Å²) < 4.78 is 36.5. The van der Waals surface area contributed by atoms with Crippen LogP contribution in [-0.2, 0) is 11.2 Å². The minimum Gasteiger partial charge on any atom is -0.497 e. The maximum absolute atomic E-state index is 14.9. The number of nitrogens with zero attached hydrogens (tertiary/aromatic N) is 2. The number of anilines is 2. The van der Waals surface area contributed by atoms with E-state index in [1.54, 1.807) is 4.40 Å². The average Bonchev–Trinajstić information content (AvgIpc) is 3.25. The van der Waals surface area contributed by atoms with E-state index in [-0.39, 0.29) is 23.4 Å². The summed E-state index contributed by atoms with van der Waals surface area (Å²) in [6.07, 6.45) is 0.948. The van der Waals surface area contributed by atoms with Crippen LogP contribution in [0.4, 0.5) is 20.3 Å². The Balaban J connectivity index is 1.99. The number of hydrogen-bond donors (Lipinski definition) is 1. The fraction of sp³-hybridized carbons (Fsp3) is 0.182. The third kappa shape index (κ3) is 3.33. The van der Waals surface area contributed by atoms with Gasteiger partial charge in [-0.1, -0.05) is 18.2 Å². The molecule has 0 aliphatic carbocycles. The third-order valence-corrected chi connectivity index (χ3v) is 5.81. The van der Waals surface area contributed by atoms with Gasteiger partial charge >= 0.3 is 0 Å². The first-order valence-electron chi connectivity index (χ1n) is 9.23. The van der Waals surface area contributed by atoms with Gasteiger partial charge in [-0.15, -0.1) is 11.3 Å². The van der Waals surface area contributed by atoms with Crippen LogP contribution in [0.1, 0.15) is 16.8 Å².